The van der Waals surface area contributed by atoms with Crippen LogP contribution in [-0.4, -0.2) is 62.2 Å². The van der Waals surface area contributed by atoms with E-state index in [1.807, 2.05) is 19.1 Å². The molecule has 1 aliphatic heterocycles. The molecule has 0 saturated carbocycles. The largest absolute Gasteiger partial charge is 0.397 e. The van der Waals surface area contributed by atoms with Crippen molar-refractivity contribution in [3.8, 4) is 0 Å². The Bertz CT molecular complexity index is 981. The summed E-state index contributed by atoms with van der Waals surface area (Å²) in [6, 6.07) is 5.16. The highest BCUT2D eigenvalue weighted by molar-refractivity contribution is 5.98. The van der Waals surface area contributed by atoms with Gasteiger partial charge in [0.15, 0.2) is 0 Å². The van der Waals surface area contributed by atoms with Crippen LogP contribution in [0.25, 0.3) is 10.9 Å². The van der Waals surface area contributed by atoms with E-state index in [0.29, 0.717) is 36.6 Å². The summed E-state index contributed by atoms with van der Waals surface area (Å²) in [7, 11) is 0. The van der Waals surface area contributed by atoms with E-state index in [2.05, 4.69) is 15.0 Å². The summed E-state index contributed by atoms with van der Waals surface area (Å²) in [5.74, 6) is -0.193. The Morgan fingerprint density at radius 2 is 2.00 bits per heavy atom. The monoisotopic (exact) mass is 364 g/mol. The molecule has 3 N–H and O–H groups in total. The first-order chi connectivity index (χ1) is 13.0. The predicted octanol–water partition coefficient (Wildman–Crippen LogP) is 1.53. The molecule has 1 fully saturated rings. The number of nitrogens with one attached hydrogen (secondary N) is 1. The summed E-state index contributed by atoms with van der Waals surface area (Å²) in [6.45, 7) is 3.33. The van der Waals surface area contributed by atoms with Gasteiger partial charge in [-0.3, -0.25) is 19.6 Å². The number of rotatable bonds is 2. The highest BCUT2D eigenvalue weighted by Crippen LogP contribution is 2.19. The molecular weight excluding hydrogens is 344 g/mol. The first-order valence-electron chi connectivity index (χ1n) is 8.76. The summed E-state index contributed by atoms with van der Waals surface area (Å²) in [5, 5.41) is 0.900. The average Bonchev–Trinajstić information content (AvgIpc) is 3.11. The van der Waals surface area contributed by atoms with Crippen molar-refractivity contribution < 1.29 is 9.59 Å². The molecule has 0 unspecified atom stereocenters. The lowest BCUT2D eigenvalue weighted by Gasteiger charge is -2.39. The van der Waals surface area contributed by atoms with Gasteiger partial charge in [0.2, 0.25) is 0 Å². The molecule has 1 aliphatic rings. The van der Waals surface area contributed by atoms with Crippen molar-refractivity contribution in [3.63, 3.8) is 0 Å². The van der Waals surface area contributed by atoms with E-state index in [0.717, 1.165) is 10.9 Å². The van der Waals surface area contributed by atoms with Crippen LogP contribution in [0.4, 0.5) is 5.69 Å². The van der Waals surface area contributed by atoms with Crippen molar-refractivity contribution in [2.45, 2.75) is 13.0 Å². The molecule has 4 heterocycles. The standard InChI is InChI=1S/C19H20N6O2/c1-12-11-24(19(27)17-7-13-8-21-3-2-16(13)23-17)4-5-25(12)18(26)14-6-15(20)10-22-9-14/h2-3,6-10,12,23H,4-5,11,20H2,1H3/t12-/m1/s1. The molecule has 0 aromatic carbocycles. The zero-order chi connectivity index (χ0) is 19.0. The van der Waals surface area contributed by atoms with E-state index in [-0.39, 0.29) is 17.9 Å². The van der Waals surface area contributed by atoms with Gasteiger partial charge in [0.25, 0.3) is 11.8 Å². The minimum Gasteiger partial charge on any atom is -0.397 e. The molecule has 27 heavy (non-hydrogen) atoms. The minimum atomic E-state index is -0.119. The molecule has 138 valence electrons. The molecule has 8 heteroatoms. The van der Waals surface area contributed by atoms with Crippen molar-refractivity contribution >= 4 is 28.4 Å². The van der Waals surface area contributed by atoms with Crippen LogP contribution < -0.4 is 5.73 Å². The van der Waals surface area contributed by atoms with E-state index in [9.17, 15) is 9.59 Å². The maximum atomic E-state index is 12.9. The maximum absolute atomic E-state index is 12.9. The highest BCUT2D eigenvalue weighted by atomic mass is 16.2. The van der Waals surface area contributed by atoms with Crippen LogP contribution in [0.1, 0.15) is 27.8 Å². The number of hydrogen-bond donors (Lipinski definition) is 2. The number of H-pyrrole nitrogens is 1. The van der Waals surface area contributed by atoms with Crippen molar-refractivity contribution in [2.24, 2.45) is 0 Å². The Morgan fingerprint density at radius 3 is 2.74 bits per heavy atom. The lowest BCUT2D eigenvalue weighted by Crippen LogP contribution is -2.55. The third-order valence-corrected chi connectivity index (χ3v) is 4.83. The fourth-order valence-corrected chi connectivity index (χ4v) is 3.44. The number of nitrogens with zero attached hydrogens (tertiary/aromatic N) is 4. The molecule has 4 rings (SSSR count). The van der Waals surface area contributed by atoms with Crippen molar-refractivity contribution in [2.75, 3.05) is 25.4 Å². The fraction of sp³-hybridized carbons (Fsp3) is 0.263. The summed E-state index contributed by atoms with van der Waals surface area (Å²) in [6.07, 6.45) is 6.43. The molecule has 1 saturated heterocycles. The fourth-order valence-electron chi connectivity index (χ4n) is 3.44. The Labute approximate surface area is 156 Å². The Morgan fingerprint density at radius 1 is 1.15 bits per heavy atom. The molecule has 3 aromatic heterocycles. The number of piperazine rings is 1. The van der Waals surface area contributed by atoms with Crippen LogP contribution in [0, 0.1) is 0 Å². The molecular formula is C19H20N6O2. The normalized spacial score (nSPS) is 17.3. The van der Waals surface area contributed by atoms with E-state index >= 15 is 0 Å². The van der Waals surface area contributed by atoms with Crippen LogP contribution in [0.3, 0.4) is 0 Å². The highest BCUT2D eigenvalue weighted by Gasteiger charge is 2.31. The number of hydrogen-bond acceptors (Lipinski definition) is 5. The number of carbonyl (C=O) groups excluding carboxylic acids is 2. The molecule has 1 atom stereocenters. The third kappa shape index (κ3) is 3.21. The van der Waals surface area contributed by atoms with Gasteiger partial charge in [0, 0.05) is 61.4 Å². The summed E-state index contributed by atoms with van der Waals surface area (Å²) in [5.41, 5.74) is 8.05. The number of amides is 2. The van der Waals surface area contributed by atoms with Gasteiger partial charge < -0.3 is 20.5 Å². The summed E-state index contributed by atoms with van der Waals surface area (Å²) < 4.78 is 0. The number of carbonyl (C=O) groups is 2. The quantitative estimate of drug-likeness (QED) is 0.717. The van der Waals surface area contributed by atoms with E-state index in [1.165, 1.54) is 12.4 Å². The number of nitrogen functional groups attached to an aromatic ring is 1. The third-order valence-electron chi connectivity index (χ3n) is 4.83. The summed E-state index contributed by atoms with van der Waals surface area (Å²) in [4.78, 5) is 40.3. The topological polar surface area (TPSA) is 108 Å². The second kappa shape index (κ2) is 6.71. The average molecular weight is 364 g/mol. The zero-order valence-electron chi connectivity index (χ0n) is 14.9. The predicted molar refractivity (Wildman–Crippen MR) is 101 cm³/mol. The van der Waals surface area contributed by atoms with Gasteiger partial charge in [-0.15, -0.1) is 0 Å². The number of aromatic nitrogens is 3. The van der Waals surface area contributed by atoms with Gasteiger partial charge in [0.05, 0.1) is 11.3 Å². The Kier molecular flexibility index (Phi) is 4.23. The van der Waals surface area contributed by atoms with Crippen LogP contribution in [-0.2, 0) is 0 Å². The lowest BCUT2D eigenvalue weighted by atomic mass is 10.1. The van der Waals surface area contributed by atoms with Gasteiger partial charge in [-0.05, 0) is 25.1 Å². The molecule has 0 radical (unpaired) electrons. The molecule has 0 bridgehead atoms. The molecule has 0 spiro atoms. The van der Waals surface area contributed by atoms with Gasteiger partial charge in [-0.25, -0.2) is 0 Å². The van der Waals surface area contributed by atoms with E-state index in [4.69, 9.17) is 5.73 Å². The SMILES string of the molecule is C[C@@H]1CN(C(=O)c2cc3cnccc3[nH]2)CCN1C(=O)c1cncc(N)c1. The smallest absolute Gasteiger partial charge is 0.270 e. The van der Waals surface area contributed by atoms with Gasteiger partial charge in [-0.1, -0.05) is 0 Å². The van der Waals surface area contributed by atoms with E-state index < -0.39 is 0 Å². The Hall–Kier alpha value is -3.42. The van der Waals surface area contributed by atoms with Crippen molar-refractivity contribution in [1.82, 2.24) is 24.8 Å². The van der Waals surface area contributed by atoms with Crippen LogP contribution >= 0.6 is 0 Å². The van der Waals surface area contributed by atoms with Gasteiger partial charge >= 0.3 is 0 Å². The maximum Gasteiger partial charge on any atom is 0.270 e. The molecule has 0 aliphatic carbocycles. The van der Waals surface area contributed by atoms with Gasteiger partial charge in [0.1, 0.15) is 5.69 Å². The second-order valence-electron chi connectivity index (χ2n) is 6.75. The first-order valence-corrected chi connectivity index (χ1v) is 8.76. The van der Waals surface area contributed by atoms with Gasteiger partial charge in [-0.2, -0.15) is 0 Å². The number of fused-ring (bicyclic) bond motifs is 1. The number of pyridine rings is 2. The second-order valence-corrected chi connectivity index (χ2v) is 6.75. The number of anilines is 1. The molecule has 2 amide bonds. The number of aromatic amines is 1. The van der Waals surface area contributed by atoms with Crippen LogP contribution in [0.15, 0.2) is 43.0 Å². The van der Waals surface area contributed by atoms with Crippen LogP contribution in [0.2, 0.25) is 0 Å². The Balaban J connectivity index is 1.48. The molecule has 3 aromatic rings. The van der Waals surface area contributed by atoms with Crippen molar-refractivity contribution in [3.05, 3.63) is 54.2 Å². The number of nitrogens with two attached hydrogens (primary N) is 1. The lowest BCUT2D eigenvalue weighted by molar-refractivity contribution is 0.0412. The minimum absolute atomic E-state index is 0.0734. The van der Waals surface area contributed by atoms with Crippen molar-refractivity contribution in [1.29, 1.82) is 0 Å². The zero-order valence-corrected chi connectivity index (χ0v) is 14.9. The van der Waals surface area contributed by atoms with E-state index in [1.54, 1.807) is 28.3 Å². The molecule has 8 nitrogen and oxygen atoms in total. The first kappa shape index (κ1) is 17.0. The summed E-state index contributed by atoms with van der Waals surface area (Å²) >= 11 is 0. The van der Waals surface area contributed by atoms with Crippen LogP contribution in [0.5, 0.6) is 0 Å².